The van der Waals surface area contributed by atoms with E-state index in [-0.39, 0.29) is 18.2 Å². The van der Waals surface area contributed by atoms with E-state index in [1.54, 1.807) is 30.5 Å². The number of benzene rings is 2. The Bertz CT molecular complexity index is 1120. The summed E-state index contributed by atoms with van der Waals surface area (Å²) < 4.78 is 33.2. The third-order valence-electron chi connectivity index (χ3n) is 4.66. The highest BCUT2D eigenvalue weighted by Crippen LogP contribution is 2.36. The van der Waals surface area contributed by atoms with Crippen LogP contribution in [0.3, 0.4) is 0 Å². The monoisotopic (exact) mass is 391 g/mol. The number of aryl methyl sites for hydroxylation is 1. The minimum absolute atomic E-state index is 0.131. The molecule has 0 unspecified atom stereocenters. The summed E-state index contributed by atoms with van der Waals surface area (Å²) >= 11 is 0. The molecule has 29 heavy (non-hydrogen) atoms. The molecule has 1 aliphatic heterocycles. The zero-order chi connectivity index (χ0) is 20.4. The van der Waals surface area contributed by atoms with Gasteiger partial charge in [0.15, 0.2) is 11.6 Å². The predicted octanol–water partition coefficient (Wildman–Crippen LogP) is 4.88. The van der Waals surface area contributed by atoms with Gasteiger partial charge in [-0.2, -0.15) is 0 Å². The lowest BCUT2D eigenvalue weighted by Gasteiger charge is -2.11. The van der Waals surface area contributed by atoms with E-state index in [1.165, 1.54) is 18.2 Å². The molecule has 0 aliphatic carbocycles. The molecule has 4 nitrogen and oxygen atoms in total. The maximum absolute atomic E-state index is 14.7. The predicted molar refractivity (Wildman–Crippen MR) is 109 cm³/mol. The fraction of sp³-hybridized carbons (Fsp3) is 0.130. The van der Waals surface area contributed by atoms with Crippen molar-refractivity contribution >= 4 is 17.1 Å². The highest BCUT2D eigenvalue weighted by Gasteiger charge is 2.20. The number of halogens is 2. The molecule has 2 N–H and O–H groups in total. The van der Waals surface area contributed by atoms with Crippen molar-refractivity contribution in [1.29, 1.82) is 0 Å². The number of rotatable bonds is 5. The number of nitrogens with two attached hydrogens (primary N) is 1. The van der Waals surface area contributed by atoms with Gasteiger partial charge in [-0.3, -0.25) is 4.98 Å². The molecule has 0 radical (unpaired) electrons. The number of hydrogen-bond acceptors (Lipinski definition) is 4. The quantitative estimate of drug-likeness (QED) is 0.675. The molecule has 1 aliphatic rings. The standard InChI is InChI=1S/C23H19F2N3O/c1-14-10-17(8-9-27-14)23-19(12-22(26)28-23)16-4-7-21(20(25)11-16)29-13-15-2-5-18(24)6-3-15/h2-11H,12-13H2,1H3,(H2,26,28). The van der Waals surface area contributed by atoms with E-state index in [0.717, 1.165) is 28.1 Å². The summed E-state index contributed by atoms with van der Waals surface area (Å²) in [4.78, 5) is 8.66. The van der Waals surface area contributed by atoms with Crippen LogP contribution in [0.15, 0.2) is 65.8 Å². The van der Waals surface area contributed by atoms with E-state index in [9.17, 15) is 8.78 Å². The lowest BCUT2D eigenvalue weighted by atomic mass is 9.98. The Kier molecular flexibility index (Phi) is 5.08. The minimum atomic E-state index is -0.479. The lowest BCUT2D eigenvalue weighted by Crippen LogP contribution is -2.07. The molecule has 0 spiro atoms. The SMILES string of the molecule is Cc1cc(C2=C(c3ccc(OCc4ccc(F)cc4)c(F)c3)CC(N)=N2)ccn1. The smallest absolute Gasteiger partial charge is 0.165 e. The minimum Gasteiger partial charge on any atom is -0.486 e. The van der Waals surface area contributed by atoms with Gasteiger partial charge >= 0.3 is 0 Å². The van der Waals surface area contributed by atoms with E-state index in [4.69, 9.17) is 10.5 Å². The van der Waals surface area contributed by atoms with Gasteiger partial charge in [-0.25, -0.2) is 13.8 Å². The zero-order valence-electron chi connectivity index (χ0n) is 15.8. The number of pyridine rings is 1. The highest BCUT2D eigenvalue weighted by atomic mass is 19.1. The Morgan fingerprint density at radius 1 is 1.00 bits per heavy atom. The largest absolute Gasteiger partial charge is 0.486 e. The van der Waals surface area contributed by atoms with Gasteiger partial charge in [0.2, 0.25) is 0 Å². The van der Waals surface area contributed by atoms with Crippen LogP contribution in [0.1, 0.15) is 28.8 Å². The normalized spacial score (nSPS) is 13.6. The maximum atomic E-state index is 14.7. The van der Waals surface area contributed by atoms with Crippen LogP contribution in [0.5, 0.6) is 5.75 Å². The summed E-state index contributed by atoms with van der Waals surface area (Å²) in [6.07, 6.45) is 2.16. The van der Waals surface area contributed by atoms with Gasteiger partial charge in [-0.1, -0.05) is 18.2 Å². The summed E-state index contributed by atoms with van der Waals surface area (Å²) in [7, 11) is 0. The van der Waals surface area contributed by atoms with Crippen molar-refractivity contribution < 1.29 is 13.5 Å². The Morgan fingerprint density at radius 2 is 1.79 bits per heavy atom. The number of nitrogens with zero attached hydrogens (tertiary/aromatic N) is 2. The average Bonchev–Trinajstić information content (AvgIpc) is 3.10. The summed E-state index contributed by atoms with van der Waals surface area (Å²) in [5, 5.41) is 0. The van der Waals surface area contributed by atoms with Gasteiger partial charge in [0.05, 0.1) is 5.70 Å². The first-order valence-corrected chi connectivity index (χ1v) is 9.16. The molecule has 0 fully saturated rings. The van der Waals surface area contributed by atoms with Crippen LogP contribution in [-0.4, -0.2) is 10.8 Å². The fourth-order valence-corrected chi connectivity index (χ4v) is 3.23. The van der Waals surface area contributed by atoms with Crippen molar-refractivity contribution in [1.82, 2.24) is 4.98 Å². The molecule has 2 heterocycles. The molecule has 146 valence electrons. The van der Waals surface area contributed by atoms with Gasteiger partial charge in [-0.15, -0.1) is 0 Å². The Balaban J connectivity index is 1.59. The van der Waals surface area contributed by atoms with Crippen LogP contribution < -0.4 is 10.5 Å². The van der Waals surface area contributed by atoms with Crippen molar-refractivity contribution in [3.63, 3.8) is 0 Å². The summed E-state index contributed by atoms with van der Waals surface area (Å²) in [5.41, 5.74) is 10.8. The van der Waals surface area contributed by atoms with Crippen LogP contribution in [0.25, 0.3) is 11.3 Å². The summed E-state index contributed by atoms with van der Waals surface area (Å²) in [5.74, 6) is -0.183. The Hall–Kier alpha value is -3.54. The molecule has 0 atom stereocenters. The molecule has 4 rings (SSSR count). The molecule has 1 aromatic heterocycles. The van der Waals surface area contributed by atoms with Gasteiger partial charge in [-0.05, 0) is 60.0 Å². The highest BCUT2D eigenvalue weighted by molar-refractivity contribution is 6.08. The van der Waals surface area contributed by atoms with Crippen LogP contribution in [0.4, 0.5) is 8.78 Å². The lowest BCUT2D eigenvalue weighted by molar-refractivity contribution is 0.290. The molecular formula is C23H19F2N3O. The van der Waals surface area contributed by atoms with Gasteiger partial charge < -0.3 is 10.5 Å². The summed E-state index contributed by atoms with van der Waals surface area (Å²) in [6, 6.07) is 14.5. The van der Waals surface area contributed by atoms with Crippen molar-refractivity contribution in [2.45, 2.75) is 20.0 Å². The second-order valence-corrected chi connectivity index (χ2v) is 6.85. The first-order valence-electron chi connectivity index (χ1n) is 9.16. The average molecular weight is 391 g/mol. The number of hydrogen-bond donors (Lipinski definition) is 1. The van der Waals surface area contributed by atoms with Crippen LogP contribution in [0.2, 0.25) is 0 Å². The molecule has 0 amide bonds. The van der Waals surface area contributed by atoms with E-state index in [1.807, 2.05) is 19.1 Å². The topological polar surface area (TPSA) is 60.5 Å². The molecule has 0 bridgehead atoms. The first-order chi connectivity index (χ1) is 14.0. The number of aliphatic imine (C=N–C) groups is 1. The van der Waals surface area contributed by atoms with Crippen LogP contribution in [-0.2, 0) is 6.61 Å². The first kappa shape index (κ1) is 18.8. The van der Waals surface area contributed by atoms with Gasteiger partial charge in [0, 0.05) is 23.9 Å². The van der Waals surface area contributed by atoms with Crippen molar-refractivity contribution in [3.8, 4) is 5.75 Å². The van der Waals surface area contributed by atoms with Crippen molar-refractivity contribution in [3.05, 3.63) is 94.8 Å². The Labute approximate surface area is 167 Å². The third-order valence-corrected chi connectivity index (χ3v) is 4.66. The van der Waals surface area contributed by atoms with Crippen molar-refractivity contribution in [2.75, 3.05) is 0 Å². The van der Waals surface area contributed by atoms with E-state index >= 15 is 0 Å². The van der Waals surface area contributed by atoms with Crippen LogP contribution in [0, 0.1) is 18.6 Å². The second-order valence-electron chi connectivity index (χ2n) is 6.85. The molecule has 6 heteroatoms. The maximum Gasteiger partial charge on any atom is 0.165 e. The van der Waals surface area contributed by atoms with E-state index < -0.39 is 5.82 Å². The molecule has 0 saturated heterocycles. The molecular weight excluding hydrogens is 372 g/mol. The number of aromatic nitrogens is 1. The molecule has 0 saturated carbocycles. The third kappa shape index (κ3) is 4.16. The number of amidine groups is 1. The summed E-state index contributed by atoms with van der Waals surface area (Å²) in [6.45, 7) is 2.05. The fourth-order valence-electron chi connectivity index (χ4n) is 3.23. The van der Waals surface area contributed by atoms with E-state index in [0.29, 0.717) is 17.8 Å². The van der Waals surface area contributed by atoms with Crippen molar-refractivity contribution in [2.24, 2.45) is 10.7 Å². The van der Waals surface area contributed by atoms with Crippen LogP contribution >= 0.6 is 0 Å². The molecule has 3 aromatic rings. The van der Waals surface area contributed by atoms with Gasteiger partial charge in [0.25, 0.3) is 0 Å². The zero-order valence-corrected chi connectivity index (χ0v) is 15.8. The van der Waals surface area contributed by atoms with E-state index in [2.05, 4.69) is 9.98 Å². The van der Waals surface area contributed by atoms with Gasteiger partial charge in [0.1, 0.15) is 18.3 Å². The Morgan fingerprint density at radius 3 is 2.52 bits per heavy atom. The number of ether oxygens (including phenoxy) is 1. The molecule has 2 aromatic carbocycles. The second kappa shape index (κ2) is 7.83.